The average molecular weight is 779 g/mol. The number of fused-ring (bicyclic) bond motifs is 2. The third-order valence-electron chi connectivity index (χ3n) is 8.98. The van der Waals surface area contributed by atoms with E-state index in [0.29, 0.717) is 34.1 Å². The molecule has 2 aromatic heterocycles. The number of aryl methyl sites for hydroxylation is 3. The second-order valence-corrected chi connectivity index (χ2v) is 13.9. The Morgan fingerprint density at radius 2 is 1.52 bits per heavy atom. The van der Waals surface area contributed by atoms with Crippen molar-refractivity contribution in [2.45, 2.75) is 60.3 Å². The second-order valence-electron chi connectivity index (χ2n) is 13.5. The molecule has 0 amide bonds. The fourth-order valence-corrected chi connectivity index (χ4v) is 6.27. The van der Waals surface area contributed by atoms with Crippen LogP contribution in [-0.4, -0.2) is 49.2 Å². The molecule has 0 bridgehead atoms. The first-order valence-electron chi connectivity index (χ1n) is 18.6. The Hall–Kier alpha value is -5.91. The molecule has 0 aliphatic heterocycles. The molecule has 9 N–H and O–H groups in total. The summed E-state index contributed by atoms with van der Waals surface area (Å²) in [5.41, 5.74) is 13.3. The monoisotopic (exact) mass is 778 g/mol. The zero-order valence-corrected chi connectivity index (χ0v) is 34.9. The van der Waals surface area contributed by atoms with Gasteiger partial charge in [-0.1, -0.05) is 54.2 Å². The van der Waals surface area contributed by atoms with Crippen LogP contribution in [0.3, 0.4) is 0 Å². The third-order valence-corrected chi connectivity index (χ3v) is 9.37. The molecule has 0 radical (unpaired) electrons. The van der Waals surface area contributed by atoms with Gasteiger partial charge in [0.2, 0.25) is 0 Å². The highest BCUT2D eigenvalue weighted by Crippen LogP contribution is 2.38. The molecular formula is C45H58N6O4S. The van der Waals surface area contributed by atoms with E-state index in [1.807, 2.05) is 83.5 Å². The number of H-pyrrole nitrogens is 1. The maximum atomic E-state index is 10.5. The van der Waals surface area contributed by atoms with Crippen molar-refractivity contribution in [3.8, 4) is 23.0 Å². The highest BCUT2D eigenvalue weighted by atomic mass is 32.1. The molecule has 0 saturated carbocycles. The number of benzene rings is 4. The van der Waals surface area contributed by atoms with Gasteiger partial charge in [-0.3, -0.25) is 4.90 Å². The van der Waals surface area contributed by atoms with Gasteiger partial charge in [0.25, 0.3) is 0 Å². The van der Waals surface area contributed by atoms with Gasteiger partial charge < -0.3 is 46.3 Å². The zero-order valence-electron chi connectivity index (χ0n) is 34.1. The quantitative estimate of drug-likeness (QED) is 0.0705. The van der Waals surface area contributed by atoms with Gasteiger partial charge in [-0.2, -0.15) is 0 Å². The number of nitrogens with one attached hydrogen (secondary N) is 3. The fraction of sp³-hybridized carbons (Fsp3) is 0.267. The molecule has 6 aromatic rings. The summed E-state index contributed by atoms with van der Waals surface area (Å²) in [6.07, 6.45) is 5.91. The Labute approximate surface area is 336 Å². The third kappa shape index (κ3) is 10.2. The minimum absolute atomic E-state index is 0.0120. The lowest BCUT2D eigenvalue weighted by Crippen LogP contribution is -2.36. The first-order chi connectivity index (χ1) is 26.6. The first-order valence-corrected chi connectivity index (χ1v) is 19.0. The minimum atomic E-state index is -0.0466. The molecule has 2 heterocycles. The molecule has 0 saturated heterocycles. The summed E-state index contributed by atoms with van der Waals surface area (Å²) < 4.78 is 2.06. The van der Waals surface area contributed by atoms with Crippen LogP contribution in [-0.2, 0) is 13.5 Å². The van der Waals surface area contributed by atoms with Crippen LogP contribution in [0.25, 0.3) is 33.2 Å². The van der Waals surface area contributed by atoms with Crippen molar-refractivity contribution in [2.75, 3.05) is 24.3 Å². The highest BCUT2D eigenvalue weighted by Gasteiger charge is 2.22. The van der Waals surface area contributed by atoms with Crippen LogP contribution in [0.5, 0.6) is 23.0 Å². The molecule has 4 aromatic carbocycles. The van der Waals surface area contributed by atoms with Gasteiger partial charge in [0.1, 0.15) is 23.0 Å². The van der Waals surface area contributed by atoms with Crippen LogP contribution in [0.15, 0.2) is 92.3 Å². The second kappa shape index (κ2) is 20.1. The predicted octanol–water partition coefficient (Wildman–Crippen LogP) is 10.2. The number of aromatic nitrogens is 2. The number of anilines is 2. The van der Waals surface area contributed by atoms with Crippen molar-refractivity contribution >= 4 is 61.9 Å². The van der Waals surface area contributed by atoms with Crippen LogP contribution in [0.4, 0.5) is 11.4 Å². The molecule has 0 atom stereocenters. The molecule has 0 aliphatic carbocycles. The van der Waals surface area contributed by atoms with Crippen molar-refractivity contribution < 1.29 is 20.4 Å². The van der Waals surface area contributed by atoms with Gasteiger partial charge in [-0.25, -0.2) is 0 Å². The first kappa shape index (κ1) is 44.5. The van der Waals surface area contributed by atoms with Crippen LogP contribution >= 0.6 is 12.2 Å². The van der Waals surface area contributed by atoms with Crippen LogP contribution in [0.2, 0.25) is 0 Å². The van der Waals surface area contributed by atoms with E-state index in [1.54, 1.807) is 24.1 Å². The lowest BCUT2D eigenvalue weighted by molar-refractivity contribution is 0.442. The largest absolute Gasteiger partial charge is 0.508 e. The summed E-state index contributed by atoms with van der Waals surface area (Å²) in [6, 6.07) is 20.3. The topological polar surface area (TPSA) is 155 Å². The summed E-state index contributed by atoms with van der Waals surface area (Å²) in [5.74, 6) is 0.229. The predicted molar refractivity (Wildman–Crippen MR) is 241 cm³/mol. The van der Waals surface area contributed by atoms with E-state index in [4.69, 9.17) is 12.2 Å². The zero-order chi connectivity index (χ0) is 41.9. The number of rotatable bonds is 8. The fourth-order valence-electron chi connectivity index (χ4n) is 6.05. The molecule has 0 fully saturated rings. The van der Waals surface area contributed by atoms with E-state index in [-0.39, 0.29) is 28.9 Å². The lowest BCUT2D eigenvalue weighted by atomic mass is 9.97. The minimum Gasteiger partial charge on any atom is -0.508 e. The number of nitrogens with zero attached hydrogens (tertiary/aromatic N) is 2. The summed E-state index contributed by atoms with van der Waals surface area (Å²) in [5, 5.41) is 49.4. The van der Waals surface area contributed by atoms with Gasteiger partial charge in [0.05, 0.1) is 5.70 Å². The van der Waals surface area contributed by atoms with Gasteiger partial charge in [0, 0.05) is 88.6 Å². The van der Waals surface area contributed by atoms with E-state index in [1.165, 1.54) is 25.6 Å². The van der Waals surface area contributed by atoms with Gasteiger partial charge in [0.15, 0.2) is 5.11 Å². The molecule has 6 rings (SSSR count). The van der Waals surface area contributed by atoms with Crippen molar-refractivity contribution in [3.05, 3.63) is 120 Å². The smallest absolute Gasteiger partial charge is 0.177 e. The Kier molecular flexibility index (Phi) is 16.0. The van der Waals surface area contributed by atoms with Crippen molar-refractivity contribution in [1.29, 1.82) is 0 Å². The Balaban J connectivity index is 0.000000273. The normalized spacial score (nSPS) is 10.4. The SMILES string of the molecule is C=C(Nc1ccc2c(ccn2C)c1)c1cc(CC)c(O)cc1O.C=C(c1cc(C(C)C)c(O)cc1O)N(C(=S)NC)c1ccc2[nH]cc(C)c2c1.CCC.CN. The van der Waals surface area contributed by atoms with E-state index in [0.717, 1.165) is 49.9 Å². The number of aromatic hydroxyl groups is 4. The Morgan fingerprint density at radius 1 is 0.875 bits per heavy atom. The summed E-state index contributed by atoms with van der Waals surface area (Å²) in [4.78, 5) is 5.03. The van der Waals surface area contributed by atoms with E-state index in [9.17, 15) is 20.4 Å². The molecule has 0 aliphatic rings. The standard InChI is InChI=1S/C22H25N3O2S.C19H20N2O2.C3H8.CH5N/c1-12(2)16-9-18(21(27)10-20(16)26)14(4)25(22(28)23-5)15-6-7-19-17(8-15)13(3)11-24-19;1-4-13-10-16(19(23)11-18(13)22)12(2)20-15-5-6-17-14(9-15)7-8-21(17)3;1-3-2;1-2/h6-12,24,26-27H,4H2,1-3,5H3,(H,23,28);5-11,20,22-23H,2,4H2,1,3H3;3H2,1-2H3;2H2,1H3. The van der Waals surface area contributed by atoms with E-state index in [2.05, 4.69) is 59.0 Å². The molecule has 0 spiro atoms. The van der Waals surface area contributed by atoms with Crippen molar-refractivity contribution in [3.63, 3.8) is 0 Å². The summed E-state index contributed by atoms with van der Waals surface area (Å²) in [7, 11) is 5.26. The lowest BCUT2D eigenvalue weighted by Gasteiger charge is -2.28. The number of aromatic amines is 1. The highest BCUT2D eigenvalue weighted by molar-refractivity contribution is 7.80. The van der Waals surface area contributed by atoms with Crippen LogP contribution in [0.1, 0.15) is 74.8 Å². The summed E-state index contributed by atoms with van der Waals surface area (Å²) in [6.45, 7) is 20.4. The number of nitrogens with two attached hydrogens (primary N) is 1. The Bertz CT molecular complexity index is 2310. The molecular weight excluding hydrogens is 721 g/mol. The van der Waals surface area contributed by atoms with E-state index < -0.39 is 0 Å². The molecule has 0 unspecified atom stereocenters. The number of hydrogen-bond acceptors (Lipinski definition) is 7. The number of thiocarbonyl (C=S) groups is 1. The summed E-state index contributed by atoms with van der Waals surface area (Å²) >= 11 is 5.54. The van der Waals surface area contributed by atoms with Crippen molar-refractivity contribution in [2.24, 2.45) is 12.8 Å². The molecule has 56 heavy (non-hydrogen) atoms. The Morgan fingerprint density at radius 3 is 2.14 bits per heavy atom. The maximum absolute atomic E-state index is 10.5. The van der Waals surface area contributed by atoms with Crippen LogP contribution in [0, 0.1) is 6.92 Å². The number of phenols is 4. The van der Waals surface area contributed by atoms with Gasteiger partial charge >= 0.3 is 0 Å². The van der Waals surface area contributed by atoms with Gasteiger partial charge in [-0.05, 0) is 110 Å². The van der Waals surface area contributed by atoms with Gasteiger partial charge in [-0.15, -0.1) is 0 Å². The van der Waals surface area contributed by atoms with Crippen molar-refractivity contribution in [1.82, 2.24) is 14.9 Å². The molecule has 10 nitrogen and oxygen atoms in total. The number of phenolic OH excluding ortho intramolecular Hbond substituents is 4. The molecule has 298 valence electrons. The average Bonchev–Trinajstić information content (AvgIpc) is 3.73. The molecule has 11 heteroatoms. The number of hydrogen-bond donors (Lipinski definition) is 8. The maximum Gasteiger partial charge on any atom is 0.177 e. The van der Waals surface area contributed by atoms with E-state index >= 15 is 0 Å². The van der Waals surface area contributed by atoms with Crippen LogP contribution < -0.4 is 21.3 Å².